The van der Waals surface area contributed by atoms with Crippen molar-refractivity contribution in [1.29, 1.82) is 0 Å². The van der Waals surface area contributed by atoms with Gasteiger partial charge in [-0.2, -0.15) is 0 Å². The Kier molecular flexibility index (Phi) is 5.89. The van der Waals surface area contributed by atoms with Gasteiger partial charge in [0, 0.05) is 18.0 Å². The second-order valence-electron chi connectivity index (χ2n) is 5.03. The van der Waals surface area contributed by atoms with Gasteiger partial charge in [0.15, 0.2) is 5.82 Å². The Morgan fingerprint density at radius 3 is 2.36 bits per heavy atom. The molecule has 1 aromatic heterocycles. The van der Waals surface area contributed by atoms with Gasteiger partial charge >= 0.3 is 5.97 Å². The lowest BCUT2D eigenvalue weighted by Crippen LogP contribution is -2.00. The Balaban J connectivity index is 1.92. The molecule has 0 aliphatic rings. The summed E-state index contributed by atoms with van der Waals surface area (Å²) in [6.45, 7) is 2.91. The van der Waals surface area contributed by atoms with E-state index >= 15 is 0 Å². The summed E-state index contributed by atoms with van der Waals surface area (Å²) in [4.78, 5) is 18.9. The van der Waals surface area contributed by atoms with Crippen molar-refractivity contribution in [1.82, 2.24) is 9.97 Å². The van der Waals surface area contributed by atoms with Crippen LogP contribution in [0.3, 0.4) is 0 Å². The van der Waals surface area contributed by atoms with Gasteiger partial charge in [0.2, 0.25) is 0 Å². The summed E-state index contributed by atoms with van der Waals surface area (Å²) in [5.41, 5.74) is 0.908. The van der Waals surface area contributed by atoms with Crippen molar-refractivity contribution in [3.63, 3.8) is 0 Å². The van der Waals surface area contributed by atoms with Crippen molar-refractivity contribution in [2.75, 3.05) is 6.61 Å². The Morgan fingerprint density at radius 1 is 1.09 bits per heavy atom. The highest BCUT2D eigenvalue weighted by molar-refractivity contribution is 5.86. The summed E-state index contributed by atoms with van der Waals surface area (Å²) >= 11 is 0. The fourth-order valence-corrected chi connectivity index (χ4v) is 2.01. The van der Waals surface area contributed by atoms with Gasteiger partial charge in [-0.15, -0.1) is 0 Å². The fraction of sp³-hybridized carbons (Fsp3) is 0.353. The smallest absolute Gasteiger partial charge is 0.338 e. The Labute approximate surface area is 130 Å². The van der Waals surface area contributed by atoms with E-state index in [9.17, 15) is 4.79 Å². The van der Waals surface area contributed by atoms with Crippen molar-refractivity contribution in [2.45, 2.75) is 32.6 Å². The fourth-order valence-electron chi connectivity index (χ4n) is 2.01. The van der Waals surface area contributed by atoms with Crippen molar-refractivity contribution in [2.24, 2.45) is 0 Å². The zero-order valence-electron chi connectivity index (χ0n) is 12.7. The Morgan fingerprint density at radius 2 is 1.77 bits per heavy atom. The minimum Gasteiger partial charge on any atom is -0.494 e. The van der Waals surface area contributed by atoms with E-state index in [-0.39, 0.29) is 5.56 Å². The number of benzene rings is 1. The molecule has 0 aliphatic heterocycles. The number of aromatic carboxylic acids is 1. The molecule has 0 atom stereocenters. The van der Waals surface area contributed by atoms with Crippen LogP contribution in [0.4, 0.5) is 0 Å². The monoisotopic (exact) mass is 300 g/mol. The molecule has 5 nitrogen and oxygen atoms in total. The standard InChI is InChI=1S/C17H20N2O3/c1-2-3-4-5-10-22-15-8-6-13(7-9-15)16-18-11-14(12-19-16)17(20)21/h6-9,11-12H,2-5,10H2,1H3,(H,20,21). The molecule has 116 valence electrons. The molecule has 1 aromatic carbocycles. The predicted octanol–water partition coefficient (Wildman–Crippen LogP) is 3.80. The lowest BCUT2D eigenvalue weighted by Gasteiger charge is -2.07. The molecule has 0 amide bonds. The van der Waals surface area contributed by atoms with Crippen LogP contribution >= 0.6 is 0 Å². The quantitative estimate of drug-likeness (QED) is 0.751. The number of hydrogen-bond acceptors (Lipinski definition) is 4. The van der Waals surface area contributed by atoms with Gasteiger partial charge < -0.3 is 9.84 Å². The van der Waals surface area contributed by atoms with Crippen LogP contribution < -0.4 is 4.74 Å². The van der Waals surface area contributed by atoms with Gasteiger partial charge in [0.25, 0.3) is 0 Å². The Hall–Kier alpha value is -2.43. The van der Waals surface area contributed by atoms with E-state index in [1.165, 1.54) is 31.7 Å². The van der Waals surface area contributed by atoms with Crippen LogP contribution in [0, 0.1) is 0 Å². The molecule has 0 aliphatic carbocycles. The third-order valence-corrected chi connectivity index (χ3v) is 3.28. The SMILES string of the molecule is CCCCCCOc1ccc(-c2ncc(C(=O)O)cn2)cc1. The third-order valence-electron chi connectivity index (χ3n) is 3.28. The summed E-state index contributed by atoms with van der Waals surface area (Å²) in [7, 11) is 0. The lowest BCUT2D eigenvalue weighted by atomic mass is 10.2. The molecule has 1 N–H and O–H groups in total. The first kappa shape index (κ1) is 15.9. The largest absolute Gasteiger partial charge is 0.494 e. The first-order chi connectivity index (χ1) is 10.7. The van der Waals surface area contributed by atoms with E-state index in [2.05, 4.69) is 16.9 Å². The van der Waals surface area contributed by atoms with Gasteiger partial charge in [-0.3, -0.25) is 0 Å². The molecule has 0 saturated carbocycles. The van der Waals surface area contributed by atoms with Gasteiger partial charge in [-0.1, -0.05) is 26.2 Å². The molecule has 22 heavy (non-hydrogen) atoms. The van der Waals surface area contributed by atoms with Crippen LogP contribution in [0.15, 0.2) is 36.7 Å². The van der Waals surface area contributed by atoms with E-state index in [1.54, 1.807) is 0 Å². The van der Waals surface area contributed by atoms with Crippen LogP contribution in [0.25, 0.3) is 11.4 Å². The average molecular weight is 300 g/mol. The number of carboxylic acids is 1. The number of unbranched alkanes of at least 4 members (excludes halogenated alkanes) is 3. The number of aromatic nitrogens is 2. The first-order valence-electron chi connectivity index (χ1n) is 7.49. The summed E-state index contributed by atoms with van der Waals surface area (Å²) in [6.07, 6.45) is 7.33. The van der Waals surface area contributed by atoms with Crippen molar-refractivity contribution in [3.05, 3.63) is 42.2 Å². The van der Waals surface area contributed by atoms with Crippen molar-refractivity contribution < 1.29 is 14.6 Å². The number of hydrogen-bond donors (Lipinski definition) is 1. The lowest BCUT2D eigenvalue weighted by molar-refractivity contribution is 0.0696. The van der Waals surface area contributed by atoms with Gasteiger partial charge in [0.05, 0.1) is 12.2 Å². The summed E-state index contributed by atoms with van der Waals surface area (Å²) in [5.74, 6) is 0.292. The maximum atomic E-state index is 10.8. The number of carbonyl (C=O) groups is 1. The summed E-state index contributed by atoms with van der Waals surface area (Å²) in [6, 6.07) is 7.50. The molecule has 0 spiro atoms. The van der Waals surface area contributed by atoms with E-state index in [0.717, 1.165) is 24.3 Å². The topological polar surface area (TPSA) is 72.3 Å². The first-order valence-corrected chi connectivity index (χ1v) is 7.49. The van der Waals surface area contributed by atoms with Crippen molar-refractivity contribution >= 4 is 5.97 Å². The van der Waals surface area contributed by atoms with E-state index in [0.29, 0.717) is 5.82 Å². The van der Waals surface area contributed by atoms with E-state index in [1.807, 2.05) is 24.3 Å². The highest BCUT2D eigenvalue weighted by Crippen LogP contribution is 2.19. The van der Waals surface area contributed by atoms with Crippen LogP contribution in [0.5, 0.6) is 5.75 Å². The van der Waals surface area contributed by atoms with Crippen LogP contribution in [0.2, 0.25) is 0 Å². The number of rotatable bonds is 8. The van der Waals surface area contributed by atoms with Crippen LogP contribution in [-0.4, -0.2) is 27.7 Å². The molecule has 0 unspecified atom stereocenters. The molecule has 0 radical (unpaired) electrons. The van der Waals surface area contributed by atoms with Crippen LogP contribution in [-0.2, 0) is 0 Å². The molecular formula is C17H20N2O3. The highest BCUT2D eigenvalue weighted by Gasteiger charge is 2.06. The number of nitrogens with zero attached hydrogens (tertiary/aromatic N) is 2. The average Bonchev–Trinajstić information content (AvgIpc) is 2.55. The second kappa shape index (κ2) is 8.12. The minimum absolute atomic E-state index is 0.0794. The second-order valence-corrected chi connectivity index (χ2v) is 5.03. The van der Waals surface area contributed by atoms with Crippen molar-refractivity contribution in [3.8, 4) is 17.1 Å². The normalized spacial score (nSPS) is 10.4. The summed E-state index contributed by atoms with van der Waals surface area (Å²) in [5, 5.41) is 8.82. The highest BCUT2D eigenvalue weighted by atomic mass is 16.5. The molecule has 2 rings (SSSR count). The maximum Gasteiger partial charge on any atom is 0.338 e. The third kappa shape index (κ3) is 4.55. The summed E-state index contributed by atoms with van der Waals surface area (Å²) < 4.78 is 5.68. The molecular weight excluding hydrogens is 280 g/mol. The van der Waals surface area contributed by atoms with Gasteiger partial charge in [-0.25, -0.2) is 14.8 Å². The molecule has 1 heterocycles. The predicted molar refractivity (Wildman–Crippen MR) is 84.1 cm³/mol. The van der Waals surface area contributed by atoms with Crippen LogP contribution in [0.1, 0.15) is 43.0 Å². The maximum absolute atomic E-state index is 10.8. The van der Waals surface area contributed by atoms with E-state index < -0.39 is 5.97 Å². The number of ether oxygens (including phenoxy) is 1. The molecule has 2 aromatic rings. The molecule has 0 saturated heterocycles. The van der Waals surface area contributed by atoms with Gasteiger partial charge in [0.1, 0.15) is 5.75 Å². The zero-order valence-corrected chi connectivity index (χ0v) is 12.7. The molecule has 0 fully saturated rings. The zero-order chi connectivity index (χ0) is 15.8. The van der Waals surface area contributed by atoms with E-state index in [4.69, 9.17) is 9.84 Å². The Bertz CT molecular complexity index is 594. The minimum atomic E-state index is -1.03. The molecule has 5 heteroatoms. The number of carboxylic acid groups (broad SMARTS) is 1. The molecule has 0 bridgehead atoms. The van der Waals surface area contributed by atoms with Gasteiger partial charge in [-0.05, 0) is 30.7 Å².